The van der Waals surface area contributed by atoms with Crippen molar-refractivity contribution in [2.24, 2.45) is 0 Å². The lowest BCUT2D eigenvalue weighted by Crippen LogP contribution is -2.25. The van der Waals surface area contributed by atoms with Crippen molar-refractivity contribution in [1.29, 1.82) is 0 Å². The highest BCUT2D eigenvalue weighted by atomic mass is 16.1. The molecule has 4 rings (SSSR count). The first kappa shape index (κ1) is 20.3. The number of nitrogens with one attached hydrogen (secondary N) is 1. The van der Waals surface area contributed by atoms with E-state index in [1.807, 2.05) is 26.2 Å². The number of hydrogen-bond donors (Lipinski definition) is 1. The minimum absolute atomic E-state index is 0.00155. The molecule has 1 amide bonds. The molecule has 0 radical (unpaired) electrons. The standard InChI is InChI=1S/C24H28N4O2/c1-27(2)16-18-9-7-17(8-10-18)15-25-23(29)19-11-12-20-21(14-19)26-22-6-4-3-5-13-28(22)24(20)30/h7-12,14H,3-6,13,15-16H2,1-2H3,(H,25,29). The molecule has 156 valence electrons. The van der Waals surface area contributed by atoms with Crippen LogP contribution in [0.3, 0.4) is 0 Å². The number of hydrogen-bond acceptors (Lipinski definition) is 4. The molecule has 1 aromatic heterocycles. The number of aromatic nitrogens is 2. The third-order valence-corrected chi connectivity index (χ3v) is 5.55. The van der Waals surface area contributed by atoms with Crippen LogP contribution in [0.15, 0.2) is 47.3 Å². The zero-order chi connectivity index (χ0) is 21.1. The maximum absolute atomic E-state index is 12.8. The number of fused-ring (bicyclic) bond motifs is 2. The molecule has 0 bridgehead atoms. The second kappa shape index (κ2) is 8.79. The molecule has 2 heterocycles. The van der Waals surface area contributed by atoms with Crippen molar-refractivity contribution < 1.29 is 4.79 Å². The van der Waals surface area contributed by atoms with Gasteiger partial charge in [0.15, 0.2) is 0 Å². The molecule has 1 aliphatic rings. The van der Waals surface area contributed by atoms with Gasteiger partial charge in [-0.25, -0.2) is 4.98 Å². The van der Waals surface area contributed by atoms with Crippen molar-refractivity contribution in [2.75, 3.05) is 14.1 Å². The smallest absolute Gasteiger partial charge is 0.261 e. The molecule has 6 nitrogen and oxygen atoms in total. The van der Waals surface area contributed by atoms with Crippen molar-refractivity contribution in [3.63, 3.8) is 0 Å². The van der Waals surface area contributed by atoms with Crippen LogP contribution in [0.25, 0.3) is 10.9 Å². The molecule has 0 aliphatic carbocycles. The lowest BCUT2D eigenvalue weighted by atomic mass is 10.1. The molecule has 0 unspecified atom stereocenters. The zero-order valence-electron chi connectivity index (χ0n) is 17.6. The Morgan fingerprint density at radius 1 is 1.07 bits per heavy atom. The van der Waals surface area contributed by atoms with Crippen LogP contribution in [0.5, 0.6) is 0 Å². The van der Waals surface area contributed by atoms with E-state index in [-0.39, 0.29) is 11.5 Å². The maximum atomic E-state index is 12.8. The summed E-state index contributed by atoms with van der Waals surface area (Å²) in [6.45, 7) is 2.08. The normalized spacial score (nSPS) is 13.8. The Morgan fingerprint density at radius 3 is 2.60 bits per heavy atom. The summed E-state index contributed by atoms with van der Waals surface area (Å²) in [5, 5.41) is 3.54. The highest BCUT2D eigenvalue weighted by Crippen LogP contribution is 2.16. The van der Waals surface area contributed by atoms with Crippen LogP contribution in [-0.4, -0.2) is 34.5 Å². The third-order valence-electron chi connectivity index (χ3n) is 5.55. The van der Waals surface area contributed by atoms with E-state index in [0.717, 1.165) is 50.2 Å². The van der Waals surface area contributed by atoms with Crippen LogP contribution in [0.1, 0.15) is 46.6 Å². The second-order valence-corrected chi connectivity index (χ2v) is 8.26. The topological polar surface area (TPSA) is 67.2 Å². The number of aryl methyl sites for hydroxylation is 1. The summed E-state index contributed by atoms with van der Waals surface area (Å²) in [5.41, 5.74) is 3.42. The molecular weight excluding hydrogens is 376 g/mol. The molecular formula is C24H28N4O2. The number of benzene rings is 2. The van der Waals surface area contributed by atoms with Gasteiger partial charge in [0.1, 0.15) is 5.82 Å². The van der Waals surface area contributed by atoms with E-state index < -0.39 is 0 Å². The predicted octanol–water partition coefficient (Wildman–Crippen LogP) is 3.11. The van der Waals surface area contributed by atoms with Crippen LogP contribution >= 0.6 is 0 Å². The fourth-order valence-corrected chi connectivity index (χ4v) is 3.97. The quantitative estimate of drug-likeness (QED) is 0.710. The molecule has 3 aromatic rings. The van der Waals surface area contributed by atoms with Gasteiger partial charge in [0.25, 0.3) is 11.5 Å². The Labute approximate surface area is 176 Å². The lowest BCUT2D eigenvalue weighted by Gasteiger charge is -2.12. The van der Waals surface area contributed by atoms with Gasteiger partial charge in [0.05, 0.1) is 10.9 Å². The van der Waals surface area contributed by atoms with Crippen molar-refractivity contribution in [3.05, 3.63) is 75.3 Å². The minimum Gasteiger partial charge on any atom is -0.348 e. The summed E-state index contributed by atoms with van der Waals surface area (Å²) < 4.78 is 1.80. The monoisotopic (exact) mass is 404 g/mol. The highest BCUT2D eigenvalue weighted by molar-refractivity contribution is 5.97. The number of amides is 1. The lowest BCUT2D eigenvalue weighted by molar-refractivity contribution is 0.0951. The van der Waals surface area contributed by atoms with Gasteiger partial charge in [-0.2, -0.15) is 0 Å². The van der Waals surface area contributed by atoms with Crippen LogP contribution in [-0.2, 0) is 26.1 Å². The molecule has 30 heavy (non-hydrogen) atoms. The van der Waals surface area contributed by atoms with Gasteiger partial charge >= 0.3 is 0 Å². The average molecular weight is 405 g/mol. The first-order valence-corrected chi connectivity index (χ1v) is 10.6. The second-order valence-electron chi connectivity index (χ2n) is 8.26. The molecule has 1 N–H and O–H groups in total. The van der Waals surface area contributed by atoms with Crippen LogP contribution in [0, 0.1) is 0 Å². The molecule has 0 saturated carbocycles. The van der Waals surface area contributed by atoms with Gasteiger partial charge in [-0.3, -0.25) is 14.2 Å². The van der Waals surface area contributed by atoms with E-state index in [1.165, 1.54) is 5.56 Å². The van der Waals surface area contributed by atoms with Crippen molar-refractivity contribution in [1.82, 2.24) is 19.8 Å². The zero-order valence-corrected chi connectivity index (χ0v) is 17.6. The largest absolute Gasteiger partial charge is 0.348 e. The van der Waals surface area contributed by atoms with Gasteiger partial charge < -0.3 is 10.2 Å². The summed E-state index contributed by atoms with van der Waals surface area (Å²) in [7, 11) is 4.08. The average Bonchev–Trinajstić information content (AvgIpc) is 2.98. The third kappa shape index (κ3) is 4.44. The number of rotatable bonds is 5. The Morgan fingerprint density at radius 2 is 1.83 bits per heavy atom. The highest BCUT2D eigenvalue weighted by Gasteiger charge is 2.15. The summed E-state index contributed by atoms with van der Waals surface area (Å²) in [6.07, 6.45) is 3.98. The van der Waals surface area contributed by atoms with Crippen LogP contribution < -0.4 is 10.9 Å². The van der Waals surface area contributed by atoms with E-state index in [9.17, 15) is 9.59 Å². The predicted molar refractivity (Wildman–Crippen MR) is 119 cm³/mol. The molecule has 0 spiro atoms. The van der Waals surface area contributed by atoms with E-state index >= 15 is 0 Å². The number of carbonyl (C=O) groups is 1. The molecule has 0 saturated heterocycles. The Bertz CT molecular complexity index is 1120. The van der Waals surface area contributed by atoms with Crippen LogP contribution in [0.2, 0.25) is 0 Å². The van der Waals surface area contributed by atoms with Gasteiger partial charge in [-0.1, -0.05) is 30.7 Å². The van der Waals surface area contributed by atoms with Gasteiger partial charge in [0.2, 0.25) is 0 Å². The molecule has 6 heteroatoms. The van der Waals surface area contributed by atoms with E-state index in [4.69, 9.17) is 4.98 Å². The van der Waals surface area contributed by atoms with Gasteiger partial charge in [-0.15, -0.1) is 0 Å². The Balaban J connectivity index is 1.50. The van der Waals surface area contributed by atoms with Crippen molar-refractivity contribution >= 4 is 16.8 Å². The number of nitrogens with zero attached hydrogens (tertiary/aromatic N) is 3. The summed E-state index contributed by atoms with van der Waals surface area (Å²) >= 11 is 0. The number of carbonyl (C=O) groups excluding carboxylic acids is 1. The summed E-state index contributed by atoms with van der Waals surface area (Å²) in [4.78, 5) is 32.3. The van der Waals surface area contributed by atoms with Crippen molar-refractivity contribution in [2.45, 2.75) is 45.3 Å². The molecule has 0 fully saturated rings. The Kier molecular flexibility index (Phi) is 5.95. The van der Waals surface area contributed by atoms with E-state index in [0.29, 0.717) is 23.0 Å². The van der Waals surface area contributed by atoms with Gasteiger partial charge in [0, 0.05) is 31.6 Å². The maximum Gasteiger partial charge on any atom is 0.261 e. The fraction of sp³-hybridized carbons (Fsp3) is 0.375. The van der Waals surface area contributed by atoms with E-state index in [2.05, 4.69) is 22.3 Å². The van der Waals surface area contributed by atoms with E-state index in [1.54, 1.807) is 22.8 Å². The van der Waals surface area contributed by atoms with Gasteiger partial charge in [-0.05, 0) is 56.3 Å². The summed E-state index contributed by atoms with van der Waals surface area (Å²) in [6, 6.07) is 13.4. The minimum atomic E-state index is -0.161. The first-order chi connectivity index (χ1) is 14.5. The molecule has 2 aromatic carbocycles. The van der Waals surface area contributed by atoms with Crippen LogP contribution in [0.4, 0.5) is 0 Å². The molecule has 1 aliphatic heterocycles. The Hall–Kier alpha value is -2.99. The first-order valence-electron chi connectivity index (χ1n) is 10.6. The van der Waals surface area contributed by atoms with Crippen molar-refractivity contribution in [3.8, 4) is 0 Å². The SMILES string of the molecule is CN(C)Cc1ccc(CNC(=O)c2ccc3c(=O)n4c(nc3c2)CCCCC4)cc1. The fourth-order valence-electron chi connectivity index (χ4n) is 3.97. The molecule has 0 atom stereocenters. The summed E-state index contributed by atoms with van der Waals surface area (Å²) in [5.74, 6) is 0.673.